The first-order chi connectivity index (χ1) is 11.3. The van der Waals surface area contributed by atoms with Gasteiger partial charge in [-0.25, -0.2) is 0 Å². The fraction of sp³-hybridized carbons (Fsp3) is 1.00. The predicted molar refractivity (Wildman–Crippen MR) is 95.6 cm³/mol. The molecule has 0 spiro atoms. The van der Waals surface area contributed by atoms with Crippen molar-refractivity contribution in [3.8, 4) is 0 Å². The van der Waals surface area contributed by atoms with Crippen molar-refractivity contribution in [2.45, 2.75) is 96.2 Å². The maximum Gasteiger partial charge on any atom is 0.0603 e. The molecule has 3 aliphatic rings. The van der Waals surface area contributed by atoms with Crippen molar-refractivity contribution in [3.05, 3.63) is 0 Å². The summed E-state index contributed by atoms with van der Waals surface area (Å²) in [7, 11) is 1.87. The Morgan fingerprint density at radius 1 is 0.783 bits per heavy atom. The van der Waals surface area contributed by atoms with Crippen LogP contribution in [0, 0.1) is 23.7 Å². The average molecular weight is 323 g/mol. The number of rotatable bonds is 5. The highest BCUT2D eigenvalue weighted by atomic mass is 16.5. The third-order valence-corrected chi connectivity index (χ3v) is 7.18. The zero-order valence-corrected chi connectivity index (χ0v) is 15.5. The van der Waals surface area contributed by atoms with Gasteiger partial charge in [-0.3, -0.25) is 0 Å². The Kier molecular flexibility index (Phi) is 6.83. The first-order valence-electron chi connectivity index (χ1n) is 10.4. The second kappa shape index (κ2) is 8.85. The first kappa shape index (κ1) is 17.7. The van der Waals surface area contributed by atoms with Crippen molar-refractivity contribution in [3.63, 3.8) is 0 Å². The number of hydrogen-bond donors (Lipinski definition) is 0. The number of methoxy groups -OCH3 is 1. The zero-order chi connectivity index (χ0) is 16.1. The van der Waals surface area contributed by atoms with E-state index in [2.05, 4.69) is 6.92 Å². The summed E-state index contributed by atoms with van der Waals surface area (Å²) < 4.78 is 11.9. The van der Waals surface area contributed by atoms with Gasteiger partial charge in [0.15, 0.2) is 0 Å². The molecule has 1 saturated heterocycles. The molecule has 0 bridgehead atoms. The zero-order valence-electron chi connectivity index (χ0n) is 15.5. The molecule has 2 heteroatoms. The lowest BCUT2D eigenvalue weighted by atomic mass is 9.73. The van der Waals surface area contributed by atoms with Gasteiger partial charge in [0.05, 0.1) is 18.8 Å². The molecular weight excluding hydrogens is 284 g/mol. The van der Waals surface area contributed by atoms with E-state index in [0.29, 0.717) is 12.2 Å². The van der Waals surface area contributed by atoms with Gasteiger partial charge in [-0.2, -0.15) is 0 Å². The monoisotopic (exact) mass is 322 g/mol. The van der Waals surface area contributed by atoms with Crippen LogP contribution in [0.2, 0.25) is 0 Å². The van der Waals surface area contributed by atoms with Crippen LogP contribution in [0.25, 0.3) is 0 Å². The summed E-state index contributed by atoms with van der Waals surface area (Å²) in [6.45, 7) is 3.37. The molecule has 0 radical (unpaired) electrons. The molecule has 3 rings (SSSR count). The molecule has 0 amide bonds. The van der Waals surface area contributed by atoms with Gasteiger partial charge >= 0.3 is 0 Å². The fourth-order valence-corrected chi connectivity index (χ4v) is 5.59. The van der Waals surface area contributed by atoms with Gasteiger partial charge in [-0.05, 0) is 75.0 Å². The highest BCUT2D eigenvalue weighted by Crippen LogP contribution is 2.40. The normalized spacial score (nSPS) is 42.5. The van der Waals surface area contributed by atoms with Crippen LogP contribution in [0.4, 0.5) is 0 Å². The van der Waals surface area contributed by atoms with Crippen LogP contribution in [0.5, 0.6) is 0 Å². The largest absolute Gasteiger partial charge is 0.381 e. The fourth-order valence-electron chi connectivity index (χ4n) is 5.59. The van der Waals surface area contributed by atoms with Crippen molar-refractivity contribution in [1.29, 1.82) is 0 Å². The smallest absolute Gasteiger partial charge is 0.0603 e. The summed E-state index contributed by atoms with van der Waals surface area (Å²) in [6, 6.07) is 0. The van der Waals surface area contributed by atoms with Crippen molar-refractivity contribution in [2.24, 2.45) is 23.7 Å². The maximum absolute atomic E-state index is 6.40. The molecular formula is C21H38O2. The Hall–Kier alpha value is -0.0800. The highest BCUT2D eigenvalue weighted by Gasteiger charge is 2.35. The number of ether oxygens (including phenoxy) is 2. The molecule has 1 aliphatic heterocycles. The topological polar surface area (TPSA) is 18.5 Å². The van der Waals surface area contributed by atoms with Crippen molar-refractivity contribution in [1.82, 2.24) is 0 Å². The molecule has 134 valence electrons. The van der Waals surface area contributed by atoms with E-state index in [9.17, 15) is 0 Å². The average Bonchev–Trinajstić information content (AvgIpc) is 2.63. The van der Waals surface area contributed by atoms with E-state index in [0.717, 1.165) is 30.3 Å². The van der Waals surface area contributed by atoms with Crippen molar-refractivity contribution in [2.75, 3.05) is 13.7 Å². The van der Waals surface area contributed by atoms with E-state index in [-0.39, 0.29) is 0 Å². The minimum Gasteiger partial charge on any atom is -0.381 e. The van der Waals surface area contributed by atoms with Gasteiger partial charge in [0.1, 0.15) is 0 Å². The Labute approximate surface area is 143 Å². The maximum atomic E-state index is 6.40. The van der Waals surface area contributed by atoms with Crippen LogP contribution < -0.4 is 0 Å². The molecule has 0 aromatic rings. The van der Waals surface area contributed by atoms with Gasteiger partial charge in [-0.15, -0.1) is 0 Å². The molecule has 0 aromatic carbocycles. The standard InChI is InChI=1S/C21H38O2/c1-3-4-16-5-7-18(8-6-16)21-14-11-19(15-23-21)17-9-12-20(22-2)13-10-17/h16-21H,3-15H2,1-2H3. The second-order valence-electron chi connectivity index (χ2n) is 8.55. The summed E-state index contributed by atoms with van der Waals surface area (Å²) in [5, 5.41) is 0. The molecule has 2 nitrogen and oxygen atoms in total. The summed E-state index contributed by atoms with van der Waals surface area (Å²) >= 11 is 0. The second-order valence-corrected chi connectivity index (χ2v) is 8.55. The SMILES string of the molecule is CCCC1CCC(C2CCC(C3CCC(OC)CC3)CO2)CC1. The third-order valence-electron chi connectivity index (χ3n) is 7.18. The lowest BCUT2D eigenvalue weighted by Crippen LogP contribution is -2.37. The minimum atomic E-state index is 0.529. The molecule has 2 saturated carbocycles. The van der Waals surface area contributed by atoms with E-state index < -0.39 is 0 Å². The first-order valence-corrected chi connectivity index (χ1v) is 10.4. The van der Waals surface area contributed by atoms with E-state index in [4.69, 9.17) is 9.47 Å². The molecule has 2 aliphatic carbocycles. The molecule has 3 fully saturated rings. The van der Waals surface area contributed by atoms with Crippen molar-refractivity contribution < 1.29 is 9.47 Å². The molecule has 1 heterocycles. The Bertz CT molecular complexity index is 319. The molecule has 23 heavy (non-hydrogen) atoms. The van der Waals surface area contributed by atoms with Crippen LogP contribution in [0.1, 0.15) is 84.0 Å². The Morgan fingerprint density at radius 2 is 1.43 bits per heavy atom. The van der Waals surface area contributed by atoms with Gasteiger partial charge in [0, 0.05) is 7.11 Å². The summed E-state index contributed by atoms with van der Waals surface area (Å²) in [5.74, 6) is 3.62. The number of hydrogen-bond acceptors (Lipinski definition) is 2. The quantitative estimate of drug-likeness (QED) is 0.656. The van der Waals surface area contributed by atoms with E-state index >= 15 is 0 Å². The minimum absolute atomic E-state index is 0.529. The predicted octanol–water partition coefficient (Wildman–Crippen LogP) is 5.59. The van der Waals surface area contributed by atoms with Crippen molar-refractivity contribution >= 4 is 0 Å². The van der Waals surface area contributed by atoms with Gasteiger partial charge in [0.2, 0.25) is 0 Å². The van der Waals surface area contributed by atoms with Crippen LogP contribution in [-0.2, 0) is 9.47 Å². The molecule has 2 unspecified atom stereocenters. The highest BCUT2D eigenvalue weighted by molar-refractivity contribution is 4.85. The Balaban J connectivity index is 1.37. The lowest BCUT2D eigenvalue weighted by molar-refractivity contribution is -0.0770. The van der Waals surface area contributed by atoms with E-state index in [1.54, 1.807) is 0 Å². The molecule has 0 aromatic heterocycles. The van der Waals surface area contributed by atoms with E-state index in [1.807, 2.05) is 7.11 Å². The summed E-state index contributed by atoms with van der Waals surface area (Å²) in [4.78, 5) is 0. The molecule has 0 N–H and O–H groups in total. The van der Waals surface area contributed by atoms with Crippen LogP contribution in [-0.4, -0.2) is 25.9 Å². The Morgan fingerprint density at radius 3 is 2.00 bits per heavy atom. The summed E-state index contributed by atoms with van der Waals surface area (Å²) in [5.41, 5.74) is 0. The van der Waals surface area contributed by atoms with Gasteiger partial charge in [-0.1, -0.05) is 32.6 Å². The van der Waals surface area contributed by atoms with Crippen LogP contribution in [0.15, 0.2) is 0 Å². The lowest BCUT2D eigenvalue weighted by Gasteiger charge is -2.41. The van der Waals surface area contributed by atoms with Gasteiger partial charge < -0.3 is 9.47 Å². The van der Waals surface area contributed by atoms with Gasteiger partial charge in [0.25, 0.3) is 0 Å². The van der Waals surface area contributed by atoms with E-state index in [1.165, 1.54) is 77.0 Å². The van der Waals surface area contributed by atoms with Crippen LogP contribution in [0.3, 0.4) is 0 Å². The van der Waals surface area contributed by atoms with Crippen LogP contribution >= 0.6 is 0 Å². The summed E-state index contributed by atoms with van der Waals surface area (Å²) in [6.07, 6.45) is 17.7. The molecule has 2 atom stereocenters. The third kappa shape index (κ3) is 4.72.